The molecule has 1 aromatic carbocycles. The minimum Gasteiger partial charge on any atom is -0.497 e. The van der Waals surface area contributed by atoms with E-state index < -0.39 is 5.97 Å². The largest absolute Gasteiger partial charge is 0.497 e. The first-order valence-electron chi connectivity index (χ1n) is 8.56. The normalized spacial score (nSPS) is 16.6. The van der Waals surface area contributed by atoms with Gasteiger partial charge in [-0.2, -0.15) is 0 Å². The van der Waals surface area contributed by atoms with Crippen molar-refractivity contribution in [2.75, 3.05) is 31.3 Å². The number of anilines is 1. The van der Waals surface area contributed by atoms with Gasteiger partial charge in [-0.05, 0) is 30.7 Å². The number of rotatable bonds is 9. The number of likely N-dealkylation sites (tertiary alicyclic amines) is 1. The summed E-state index contributed by atoms with van der Waals surface area (Å²) >= 11 is 2.80. The van der Waals surface area contributed by atoms with Crippen LogP contribution in [0.4, 0.5) is 5.69 Å². The molecule has 2 aromatic rings. The van der Waals surface area contributed by atoms with Crippen molar-refractivity contribution in [2.45, 2.75) is 23.2 Å². The van der Waals surface area contributed by atoms with Gasteiger partial charge in [0.05, 0.1) is 7.11 Å². The topological polar surface area (TPSA) is 91.8 Å². The van der Waals surface area contributed by atoms with E-state index in [9.17, 15) is 9.59 Å². The molecule has 3 rings (SSSR count). The molecule has 0 bridgehead atoms. The van der Waals surface area contributed by atoms with E-state index in [1.165, 1.54) is 28.5 Å². The first-order valence-corrected chi connectivity index (χ1v) is 10.4. The van der Waals surface area contributed by atoms with Gasteiger partial charge in [-0.25, -0.2) is 9.78 Å². The summed E-state index contributed by atoms with van der Waals surface area (Å²) in [6, 6.07) is 7.87. The van der Waals surface area contributed by atoms with Crippen LogP contribution in [0.25, 0.3) is 0 Å². The molecule has 0 radical (unpaired) electrons. The summed E-state index contributed by atoms with van der Waals surface area (Å²) in [5.41, 5.74) is 1.06. The van der Waals surface area contributed by atoms with Crippen molar-refractivity contribution in [1.29, 1.82) is 0 Å². The third-order valence-electron chi connectivity index (χ3n) is 4.34. The van der Waals surface area contributed by atoms with Crippen LogP contribution >= 0.6 is 23.1 Å². The van der Waals surface area contributed by atoms with Crippen LogP contribution in [-0.4, -0.2) is 58.9 Å². The molecule has 0 unspecified atom stereocenters. The fraction of sp³-hybridized carbons (Fsp3) is 0.389. The summed E-state index contributed by atoms with van der Waals surface area (Å²) in [5.74, 6) is 0.653. The van der Waals surface area contributed by atoms with Gasteiger partial charge >= 0.3 is 5.97 Å². The van der Waals surface area contributed by atoms with Crippen LogP contribution in [0, 0.1) is 0 Å². The van der Waals surface area contributed by atoms with Crippen molar-refractivity contribution < 1.29 is 19.4 Å². The van der Waals surface area contributed by atoms with Gasteiger partial charge in [-0.1, -0.05) is 11.8 Å². The fourth-order valence-electron chi connectivity index (χ4n) is 2.91. The number of aromatic carboxylic acids is 1. The van der Waals surface area contributed by atoms with Crippen molar-refractivity contribution in [2.24, 2.45) is 0 Å². The number of thioether (sulfide) groups is 1. The van der Waals surface area contributed by atoms with Crippen LogP contribution in [0.3, 0.4) is 0 Å². The molecule has 0 saturated carbocycles. The first kappa shape index (κ1) is 19.5. The Morgan fingerprint density at radius 2 is 2.22 bits per heavy atom. The third kappa shape index (κ3) is 5.14. The molecule has 2 N–H and O–H groups in total. The molecule has 9 heteroatoms. The highest BCUT2D eigenvalue weighted by atomic mass is 32.2. The number of aromatic nitrogens is 1. The lowest BCUT2D eigenvalue weighted by molar-refractivity contribution is -0.128. The second-order valence-electron chi connectivity index (χ2n) is 6.04. The number of carbonyl (C=O) groups is 2. The Morgan fingerprint density at radius 1 is 1.44 bits per heavy atom. The Balaban J connectivity index is 1.48. The lowest BCUT2D eigenvalue weighted by atomic mass is 10.2. The number of benzene rings is 1. The van der Waals surface area contributed by atoms with E-state index in [1.54, 1.807) is 7.11 Å². The fourth-order valence-corrected chi connectivity index (χ4v) is 4.72. The maximum Gasteiger partial charge on any atom is 0.355 e. The van der Waals surface area contributed by atoms with Crippen molar-refractivity contribution in [3.8, 4) is 5.75 Å². The van der Waals surface area contributed by atoms with Crippen LogP contribution in [0.15, 0.2) is 34.0 Å². The van der Waals surface area contributed by atoms with Crippen LogP contribution in [0.2, 0.25) is 0 Å². The lowest BCUT2D eigenvalue weighted by Gasteiger charge is -2.25. The lowest BCUT2D eigenvalue weighted by Crippen LogP contribution is -2.39. The molecule has 7 nitrogen and oxygen atoms in total. The number of nitrogens with one attached hydrogen (secondary N) is 1. The maximum absolute atomic E-state index is 12.2. The summed E-state index contributed by atoms with van der Waals surface area (Å²) < 4.78 is 5.87. The number of carboxylic acids is 1. The molecule has 1 aromatic heterocycles. The number of hydrogen-bond acceptors (Lipinski definition) is 7. The van der Waals surface area contributed by atoms with Crippen LogP contribution in [-0.2, 0) is 4.79 Å². The minimum absolute atomic E-state index is 0.0707. The standard InChI is InChI=1S/C18H21N3O4S2/c1-25-14-5-2-12(3-6-14)19-10-13-4-7-16(22)21(13)8-9-26-18-20-15(11-27-18)17(23)24/h2-3,5-6,11,13,19H,4,7-10H2,1H3,(H,23,24)/t13-/m1/s1. The number of nitrogens with zero attached hydrogens (tertiary/aromatic N) is 2. The highest BCUT2D eigenvalue weighted by Gasteiger charge is 2.30. The Hall–Kier alpha value is -2.26. The number of carbonyl (C=O) groups excluding carboxylic acids is 1. The van der Waals surface area contributed by atoms with Gasteiger partial charge in [0.2, 0.25) is 5.91 Å². The van der Waals surface area contributed by atoms with Gasteiger partial charge in [0.1, 0.15) is 5.75 Å². The predicted molar refractivity (Wildman–Crippen MR) is 106 cm³/mol. The SMILES string of the molecule is COc1ccc(NC[C@H]2CCC(=O)N2CCSc2nc(C(=O)O)cs2)cc1. The van der Waals surface area contributed by atoms with E-state index in [0.717, 1.165) is 17.9 Å². The second kappa shape index (κ2) is 9.09. The Labute approximate surface area is 165 Å². The average molecular weight is 408 g/mol. The highest BCUT2D eigenvalue weighted by Crippen LogP contribution is 2.25. The summed E-state index contributed by atoms with van der Waals surface area (Å²) in [4.78, 5) is 29.0. The number of carboxylic acid groups (broad SMARTS) is 1. The average Bonchev–Trinajstić information content (AvgIpc) is 3.28. The van der Waals surface area contributed by atoms with Gasteiger partial charge in [0.15, 0.2) is 10.0 Å². The molecular weight excluding hydrogens is 386 g/mol. The smallest absolute Gasteiger partial charge is 0.355 e. The molecule has 1 fully saturated rings. The zero-order valence-corrected chi connectivity index (χ0v) is 16.5. The Morgan fingerprint density at radius 3 is 2.89 bits per heavy atom. The summed E-state index contributed by atoms with van der Waals surface area (Å²) in [6.07, 6.45) is 1.41. The number of ether oxygens (including phenoxy) is 1. The van der Waals surface area contributed by atoms with Crippen LogP contribution in [0.1, 0.15) is 23.3 Å². The molecule has 0 aliphatic carbocycles. The zero-order valence-electron chi connectivity index (χ0n) is 14.9. The van der Waals surface area contributed by atoms with Crippen molar-refractivity contribution >= 4 is 40.7 Å². The maximum atomic E-state index is 12.2. The first-order chi connectivity index (χ1) is 13.1. The predicted octanol–water partition coefficient (Wildman–Crippen LogP) is 3.05. The quantitative estimate of drug-likeness (QED) is 0.617. The summed E-state index contributed by atoms with van der Waals surface area (Å²) in [7, 11) is 1.64. The van der Waals surface area contributed by atoms with E-state index in [2.05, 4.69) is 10.3 Å². The number of amides is 1. The molecular formula is C18H21N3O4S2. The Bertz CT molecular complexity index is 794. The number of thiazole rings is 1. The number of hydrogen-bond donors (Lipinski definition) is 2. The molecule has 144 valence electrons. The molecule has 1 atom stereocenters. The van der Waals surface area contributed by atoms with Crippen molar-refractivity contribution in [1.82, 2.24) is 9.88 Å². The minimum atomic E-state index is -1.02. The molecule has 1 saturated heterocycles. The second-order valence-corrected chi connectivity index (χ2v) is 8.24. The van der Waals surface area contributed by atoms with Crippen LogP contribution in [0.5, 0.6) is 5.75 Å². The highest BCUT2D eigenvalue weighted by molar-refractivity contribution is 8.01. The summed E-state index contributed by atoms with van der Waals surface area (Å²) in [5, 5.41) is 13.8. The molecule has 1 aliphatic heterocycles. The van der Waals surface area contributed by atoms with Crippen molar-refractivity contribution in [3.05, 3.63) is 35.3 Å². The molecule has 0 spiro atoms. The molecule has 1 amide bonds. The van der Waals surface area contributed by atoms with E-state index in [-0.39, 0.29) is 17.6 Å². The van der Waals surface area contributed by atoms with Gasteiger partial charge < -0.3 is 20.1 Å². The molecule has 27 heavy (non-hydrogen) atoms. The molecule has 1 aliphatic rings. The van der Waals surface area contributed by atoms with Crippen LogP contribution < -0.4 is 10.1 Å². The van der Waals surface area contributed by atoms with E-state index in [1.807, 2.05) is 29.2 Å². The zero-order chi connectivity index (χ0) is 19.2. The monoisotopic (exact) mass is 407 g/mol. The van der Waals surface area contributed by atoms with E-state index >= 15 is 0 Å². The van der Waals surface area contributed by atoms with E-state index in [4.69, 9.17) is 9.84 Å². The van der Waals surface area contributed by atoms with Gasteiger partial charge in [-0.3, -0.25) is 4.79 Å². The summed E-state index contributed by atoms with van der Waals surface area (Å²) in [6.45, 7) is 1.32. The Kier molecular flexibility index (Phi) is 6.57. The van der Waals surface area contributed by atoms with Gasteiger partial charge in [0, 0.05) is 42.4 Å². The number of methoxy groups -OCH3 is 1. The third-order valence-corrected chi connectivity index (χ3v) is 6.35. The van der Waals surface area contributed by atoms with Gasteiger partial charge in [-0.15, -0.1) is 11.3 Å². The van der Waals surface area contributed by atoms with E-state index in [0.29, 0.717) is 29.6 Å². The van der Waals surface area contributed by atoms with Crippen molar-refractivity contribution in [3.63, 3.8) is 0 Å². The van der Waals surface area contributed by atoms with Gasteiger partial charge in [0.25, 0.3) is 0 Å². The molecule has 2 heterocycles.